The van der Waals surface area contributed by atoms with E-state index in [4.69, 9.17) is 11.6 Å². The van der Waals surface area contributed by atoms with Crippen molar-refractivity contribution in [1.82, 2.24) is 4.90 Å². The molecule has 0 radical (unpaired) electrons. The smallest absolute Gasteiger partial charge is 0.325 e. The fourth-order valence-corrected chi connectivity index (χ4v) is 2.66. The van der Waals surface area contributed by atoms with E-state index in [1.807, 2.05) is 31.2 Å². The van der Waals surface area contributed by atoms with Crippen LogP contribution in [0.5, 0.6) is 0 Å². The first-order valence-electron chi connectivity index (χ1n) is 6.23. The van der Waals surface area contributed by atoms with Crippen molar-refractivity contribution in [2.45, 2.75) is 12.7 Å². The molecule has 1 rings (SSSR count). The summed E-state index contributed by atoms with van der Waals surface area (Å²) in [5, 5.41) is 0.690. The van der Waals surface area contributed by atoms with Gasteiger partial charge in [0.15, 0.2) is 0 Å². The van der Waals surface area contributed by atoms with Crippen LogP contribution in [0.1, 0.15) is 12.5 Å². The van der Waals surface area contributed by atoms with Gasteiger partial charge in [-0.15, -0.1) is 11.8 Å². The van der Waals surface area contributed by atoms with Crippen molar-refractivity contribution in [2.24, 2.45) is 0 Å². The van der Waals surface area contributed by atoms with E-state index < -0.39 is 5.97 Å². The van der Waals surface area contributed by atoms with Gasteiger partial charge in [-0.25, -0.2) is 0 Å². The molecule has 110 valence electrons. The van der Waals surface area contributed by atoms with E-state index in [9.17, 15) is 9.59 Å². The van der Waals surface area contributed by atoms with Gasteiger partial charge in [-0.3, -0.25) is 9.59 Å². The van der Waals surface area contributed by atoms with Crippen LogP contribution in [0.25, 0.3) is 0 Å². The van der Waals surface area contributed by atoms with Crippen LogP contribution in [0.3, 0.4) is 0 Å². The van der Waals surface area contributed by atoms with Crippen LogP contribution in [-0.4, -0.2) is 42.7 Å². The van der Waals surface area contributed by atoms with E-state index in [0.29, 0.717) is 23.1 Å². The molecule has 1 amide bonds. The number of rotatable bonds is 7. The summed E-state index contributed by atoms with van der Waals surface area (Å²) in [7, 11) is 1.31. The lowest BCUT2D eigenvalue weighted by atomic mass is 10.2. The quantitative estimate of drug-likeness (QED) is 0.726. The number of likely N-dealkylation sites (N-methyl/N-ethyl adjacent to an activating group) is 1. The highest BCUT2D eigenvalue weighted by Gasteiger charge is 2.15. The number of methoxy groups -OCH3 is 1. The van der Waals surface area contributed by atoms with E-state index in [1.165, 1.54) is 23.8 Å². The second kappa shape index (κ2) is 8.87. The third-order valence-electron chi connectivity index (χ3n) is 2.67. The highest BCUT2D eigenvalue weighted by molar-refractivity contribution is 7.99. The molecule has 0 spiro atoms. The molecule has 0 aliphatic carbocycles. The summed E-state index contributed by atoms with van der Waals surface area (Å²) in [5.74, 6) is 0.573. The van der Waals surface area contributed by atoms with Gasteiger partial charge in [-0.05, 0) is 24.6 Å². The van der Waals surface area contributed by atoms with Gasteiger partial charge < -0.3 is 9.64 Å². The molecule has 0 bridgehead atoms. The number of esters is 1. The second-order valence-corrected chi connectivity index (χ2v) is 5.53. The minimum Gasteiger partial charge on any atom is -0.468 e. The fourth-order valence-electron chi connectivity index (χ4n) is 1.57. The minimum atomic E-state index is -0.403. The molecule has 1 aromatic carbocycles. The van der Waals surface area contributed by atoms with Gasteiger partial charge in [0.1, 0.15) is 6.54 Å². The zero-order valence-electron chi connectivity index (χ0n) is 11.6. The molecule has 0 aliphatic rings. The van der Waals surface area contributed by atoms with Gasteiger partial charge in [0, 0.05) is 17.3 Å². The number of hydrogen-bond acceptors (Lipinski definition) is 4. The number of ether oxygens (including phenoxy) is 1. The summed E-state index contributed by atoms with van der Waals surface area (Å²) in [6.07, 6.45) is 0. The summed E-state index contributed by atoms with van der Waals surface area (Å²) in [6.45, 7) is 2.33. The predicted molar refractivity (Wildman–Crippen MR) is 81.9 cm³/mol. The fraction of sp³-hybridized carbons (Fsp3) is 0.429. The molecule has 6 heteroatoms. The normalized spacial score (nSPS) is 10.2. The van der Waals surface area contributed by atoms with E-state index in [2.05, 4.69) is 4.74 Å². The average molecular weight is 316 g/mol. The van der Waals surface area contributed by atoms with Gasteiger partial charge in [-0.2, -0.15) is 0 Å². The summed E-state index contributed by atoms with van der Waals surface area (Å²) in [6, 6.07) is 7.55. The first kappa shape index (κ1) is 16.9. The predicted octanol–water partition coefficient (Wildman–Crippen LogP) is 2.59. The Morgan fingerprint density at radius 2 is 2.15 bits per heavy atom. The van der Waals surface area contributed by atoms with Gasteiger partial charge >= 0.3 is 5.97 Å². The third-order valence-corrected chi connectivity index (χ3v) is 3.89. The average Bonchev–Trinajstić information content (AvgIpc) is 2.44. The number of carbonyl (C=O) groups excluding carboxylic acids is 2. The number of amides is 1. The number of benzene rings is 1. The maximum atomic E-state index is 12.0. The van der Waals surface area contributed by atoms with Crippen LogP contribution >= 0.6 is 23.4 Å². The summed E-state index contributed by atoms with van der Waals surface area (Å²) in [5.41, 5.74) is 1.08. The zero-order chi connectivity index (χ0) is 15.0. The molecular formula is C14H18ClNO3S. The first-order chi connectivity index (χ1) is 9.56. The van der Waals surface area contributed by atoms with E-state index >= 15 is 0 Å². The Labute approximate surface area is 128 Å². The maximum absolute atomic E-state index is 12.0. The Balaban J connectivity index is 2.39. The van der Waals surface area contributed by atoms with Gasteiger partial charge in [0.05, 0.1) is 12.9 Å². The molecule has 0 atom stereocenters. The Bertz CT molecular complexity index is 467. The van der Waals surface area contributed by atoms with Crippen LogP contribution in [0.2, 0.25) is 5.02 Å². The lowest BCUT2D eigenvalue weighted by Gasteiger charge is -2.19. The van der Waals surface area contributed by atoms with Crippen LogP contribution < -0.4 is 0 Å². The monoisotopic (exact) mass is 315 g/mol. The number of halogens is 1. The summed E-state index contributed by atoms with van der Waals surface area (Å²) in [4.78, 5) is 24.6. The number of nitrogens with zero attached hydrogens (tertiary/aromatic N) is 1. The van der Waals surface area contributed by atoms with Crippen molar-refractivity contribution < 1.29 is 14.3 Å². The van der Waals surface area contributed by atoms with Crippen molar-refractivity contribution in [3.8, 4) is 0 Å². The molecule has 0 saturated carbocycles. The molecule has 20 heavy (non-hydrogen) atoms. The SMILES string of the molecule is CCN(CC(=O)OC)C(=O)CSCc1cccc(Cl)c1. The highest BCUT2D eigenvalue weighted by Crippen LogP contribution is 2.16. The molecular weight excluding hydrogens is 298 g/mol. The highest BCUT2D eigenvalue weighted by atomic mass is 35.5. The largest absolute Gasteiger partial charge is 0.468 e. The van der Waals surface area contributed by atoms with Crippen molar-refractivity contribution in [3.05, 3.63) is 34.9 Å². The molecule has 0 heterocycles. The molecule has 0 N–H and O–H groups in total. The Kier molecular flexibility index (Phi) is 7.47. The van der Waals surface area contributed by atoms with Crippen molar-refractivity contribution in [2.75, 3.05) is 26.0 Å². The molecule has 4 nitrogen and oxygen atoms in total. The molecule has 0 fully saturated rings. The van der Waals surface area contributed by atoms with E-state index in [1.54, 1.807) is 0 Å². The summed E-state index contributed by atoms with van der Waals surface area (Å²) >= 11 is 7.40. The lowest BCUT2D eigenvalue weighted by Crippen LogP contribution is -2.37. The molecule has 0 unspecified atom stereocenters. The molecule has 0 saturated heterocycles. The van der Waals surface area contributed by atoms with Crippen LogP contribution in [0, 0.1) is 0 Å². The molecule has 1 aromatic rings. The lowest BCUT2D eigenvalue weighted by molar-refractivity contribution is -0.146. The van der Waals surface area contributed by atoms with Crippen LogP contribution in [-0.2, 0) is 20.1 Å². The topological polar surface area (TPSA) is 46.6 Å². The standard InChI is InChI=1S/C14H18ClNO3S/c1-3-16(8-14(18)19-2)13(17)10-20-9-11-5-4-6-12(15)7-11/h4-7H,3,8-10H2,1-2H3. The molecule has 0 aliphatic heterocycles. The number of carbonyl (C=O) groups is 2. The van der Waals surface area contributed by atoms with E-state index in [0.717, 1.165) is 5.56 Å². The van der Waals surface area contributed by atoms with E-state index in [-0.39, 0.29) is 12.5 Å². The van der Waals surface area contributed by atoms with Crippen LogP contribution in [0.4, 0.5) is 0 Å². The number of thioether (sulfide) groups is 1. The van der Waals surface area contributed by atoms with Crippen molar-refractivity contribution in [3.63, 3.8) is 0 Å². The van der Waals surface area contributed by atoms with Gasteiger partial charge in [0.2, 0.25) is 5.91 Å². The van der Waals surface area contributed by atoms with Crippen LogP contribution in [0.15, 0.2) is 24.3 Å². The Morgan fingerprint density at radius 3 is 2.75 bits per heavy atom. The van der Waals surface area contributed by atoms with Crippen molar-refractivity contribution in [1.29, 1.82) is 0 Å². The first-order valence-corrected chi connectivity index (χ1v) is 7.76. The zero-order valence-corrected chi connectivity index (χ0v) is 13.2. The maximum Gasteiger partial charge on any atom is 0.325 e. The Hall–Kier alpha value is -1.20. The third kappa shape index (κ3) is 5.84. The minimum absolute atomic E-state index is 0.00353. The Morgan fingerprint density at radius 1 is 1.40 bits per heavy atom. The second-order valence-electron chi connectivity index (χ2n) is 4.11. The van der Waals surface area contributed by atoms with Gasteiger partial charge in [0.25, 0.3) is 0 Å². The number of hydrogen-bond donors (Lipinski definition) is 0. The van der Waals surface area contributed by atoms with Crippen molar-refractivity contribution >= 4 is 35.2 Å². The van der Waals surface area contributed by atoms with Gasteiger partial charge in [-0.1, -0.05) is 23.7 Å². The summed E-state index contributed by atoms with van der Waals surface area (Å²) < 4.78 is 4.57. The molecule has 0 aromatic heterocycles.